The lowest BCUT2D eigenvalue weighted by molar-refractivity contribution is 0.0697. The van der Waals surface area contributed by atoms with Crippen LogP contribution in [0.5, 0.6) is 12.0 Å². The highest BCUT2D eigenvalue weighted by atomic mass is 16.5. The molecule has 0 atom stereocenters. The predicted molar refractivity (Wildman–Crippen MR) is 100 cm³/mol. The lowest BCUT2D eigenvalue weighted by Gasteiger charge is -2.09. The Hall–Kier alpha value is -3.35. The van der Waals surface area contributed by atoms with E-state index < -0.39 is 5.97 Å². The molecule has 2 aromatic carbocycles. The molecule has 3 rings (SSSR count). The number of ether oxygens (including phenoxy) is 2. The molecule has 7 heteroatoms. The van der Waals surface area contributed by atoms with Gasteiger partial charge in [-0.05, 0) is 36.6 Å². The van der Waals surface area contributed by atoms with Crippen molar-refractivity contribution in [1.82, 2.24) is 14.8 Å². The van der Waals surface area contributed by atoms with E-state index in [4.69, 9.17) is 9.47 Å². The van der Waals surface area contributed by atoms with Gasteiger partial charge in [-0.2, -0.15) is 0 Å². The smallest absolute Gasteiger partial charge is 0.338 e. The monoisotopic (exact) mass is 367 g/mol. The first-order valence-electron chi connectivity index (χ1n) is 8.74. The average molecular weight is 367 g/mol. The van der Waals surface area contributed by atoms with Crippen LogP contribution in [0.25, 0.3) is 11.1 Å². The lowest BCUT2D eigenvalue weighted by Crippen LogP contribution is -2.06. The summed E-state index contributed by atoms with van der Waals surface area (Å²) in [5.74, 6) is -0.942. The number of hydrogen-bond donors (Lipinski definition) is 1. The molecular weight excluding hydrogens is 346 g/mol. The minimum absolute atomic E-state index is 0.279. The highest BCUT2D eigenvalue weighted by molar-refractivity contribution is 5.95. The number of benzene rings is 2. The second kappa shape index (κ2) is 8.35. The van der Waals surface area contributed by atoms with Crippen molar-refractivity contribution >= 4 is 5.97 Å². The topological polar surface area (TPSA) is 86.5 Å². The van der Waals surface area contributed by atoms with E-state index in [1.54, 1.807) is 22.9 Å². The van der Waals surface area contributed by atoms with Crippen LogP contribution in [0.2, 0.25) is 0 Å². The van der Waals surface area contributed by atoms with E-state index in [0.29, 0.717) is 31.3 Å². The Bertz CT molecular complexity index is 919. The lowest BCUT2D eigenvalue weighted by atomic mass is 9.99. The van der Waals surface area contributed by atoms with Gasteiger partial charge >= 0.3 is 18.0 Å². The molecule has 1 N–H and O–H groups in total. The molecule has 0 aliphatic rings. The van der Waals surface area contributed by atoms with E-state index in [2.05, 4.69) is 10.1 Å². The molecule has 0 amide bonds. The molecule has 0 saturated carbocycles. The minimum Gasteiger partial charge on any atom is -0.478 e. The van der Waals surface area contributed by atoms with Gasteiger partial charge in [-0.3, -0.25) is 0 Å². The first-order chi connectivity index (χ1) is 13.1. The van der Waals surface area contributed by atoms with Gasteiger partial charge in [-0.1, -0.05) is 42.5 Å². The van der Waals surface area contributed by atoms with E-state index in [9.17, 15) is 9.90 Å². The fourth-order valence-electron chi connectivity index (χ4n) is 2.72. The van der Waals surface area contributed by atoms with Crippen LogP contribution in [-0.2, 0) is 6.54 Å². The van der Waals surface area contributed by atoms with Crippen LogP contribution < -0.4 is 9.47 Å². The van der Waals surface area contributed by atoms with E-state index in [1.807, 2.05) is 44.2 Å². The maximum Gasteiger partial charge on any atom is 0.338 e. The molecule has 0 radical (unpaired) electrons. The molecular formula is C20H21N3O4. The zero-order valence-electron chi connectivity index (χ0n) is 15.3. The fraction of sp³-hybridized carbons (Fsp3) is 0.250. The van der Waals surface area contributed by atoms with Crippen molar-refractivity contribution in [3.05, 3.63) is 59.7 Å². The Morgan fingerprint density at radius 1 is 1.04 bits per heavy atom. The molecule has 1 heterocycles. The average Bonchev–Trinajstić information content (AvgIpc) is 3.04. The molecule has 140 valence electrons. The Morgan fingerprint density at radius 3 is 2.41 bits per heavy atom. The van der Waals surface area contributed by atoms with Crippen LogP contribution in [0.3, 0.4) is 0 Å². The van der Waals surface area contributed by atoms with Gasteiger partial charge in [0, 0.05) is 0 Å². The van der Waals surface area contributed by atoms with E-state index in [0.717, 1.165) is 11.1 Å². The van der Waals surface area contributed by atoms with Crippen LogP contribution in [0.4, 0.5) is 0 Å². The van der Waals surface area contributed by atoms with Crippen molar-refractivity contribution < 1.29 is 19.4 Å². The molecule has 0 saturated heterocycles. The summed E-state index contributed by atoms with van der Waals surface area (Å²) in [5, 5.41) is 13.7. The number of carboxylic acid groups (broad SMARTS) is 1. The largest absolute Gasteiger partial charge is 0.478 e. The molecule has 27 heavy (non-hydrogen) atoms. The fourth-order valence-corrected chi connectivity index (χ4v) is 2.72. The van der Waals surface area contributed by atoms with Gasteiger partial charge in [-0.15, -0.1) is 10.1 Å². The van der Waals surface area contributed by atoms with E-state index in [-0.39, 0.29) is 11.6 Å². The van der Waals surface area contributed by atoms with Gasteiger partial charge in [-0.25, -0.2) is 9.48 Å². The number of hydrogen-bond acceptors (Lipinski definition) is 5. The number of carboxylic acids is 1. The van der Waals surface area contributed by atoms with Crippen molar-refractivity contribution in [2.45, 2.75) is 20.4 Å². The van der Waals surface area contributed by atoms with Gasteiger partial charge in [0.15, 0.2) is 0 Å². The second-order valence-corrected chi connectivity index (χ2v) is 5.75. The van der Waals surface area contributed by atoms with Crippen LogP contribution in [0.1, 0.15) is 29.8 Å². The van der Waals surface area contributed by atoms with Gasteiger partial charge in [0.1, 0.15) is 0 Å². The zero-order valence-corrected chi connectivity index (χ0v) is 15.3. The first kappa shape index (κ1) is 18.4. The van der Waals surface area contributed by atoms with Crippen molar-refractivity contribution in [2.75, 3.05) is 13.2 Å². The Morgan fingerprint density at radius 2 is 1.74 bits per heavy atom. The summed E-state index contributed by atoms with van der Waals surface area (Å²) in [7, 11) is 0. The number of aromatic carboxylic acids is 1. The van der Waals surface area contributed by atoms with Gasteiger partial charge in [0.25, 0.3) is 0 Å². The summed E-state index contributed by atoms with van der Waals surface area (Å²) in [5.41, 5.74) is 2.79. The third-order valence-electron chi connectivity index (χ3n) is 3.92. The third kappa shape index (κ3) is 4.25. The van der Waals surface area contributed by atoms with Gasteiger partial charge in [0.2, 0.25) is 0 Å². The maximum absolute atomic E-state index is 11.4. The normalized spacial score (nSPS) is 10.6. The van der Waals surface area contributed by atoms with Crippen molar-refractivity contribution in [2.24, 2.45) is 0 Å². The Labute approximate surface area is 157 Å². The van der Waals surface area contributed by atoms with Gasteiger partial charge in [0.05, 0.1) is 25.3 Å². The molecule has 0 bridgehead atoms. The zero-order chi connectivity index (χ0) is 19.2. The van der Waals surface area contributed by atoms with Crippen LogP contribution >= 0.6 is 0 Å². The van der Waals surface area contributed by atoms with Crippen LogP contribution in [0.15, 0.2) is 48.5 Å². The summed E-state index contributed by atoms with van der Waals surface area (Å²) < 4.78 is 12.5. The standard InChI is InChI=1S/C20H21N3O4/c1-3-26-19-21-20(27-4-2)23(22-19)13-14-9-11-15(12-10-14)16-7-5-6-8-17(16)18(24)25/h5-12H,3-4,13H2,1-2H3,(H,24,25). The minimum atomic E-state index is -0.942. The Balaban J connectivity index is 1.84. The number of carbonyl (C=O) groups is 1. The molecule has 3 aromatic rings. The summed E-state index contributed by atoms with van der Waals surface area (Å²) in [6.07, 6.45) is 0. The first-order valence-corrected chi connectivity index (χ1v) is 8.74. The van der Waals surface area contributed by atoms with E-state index >= 15 is 0 Å². The highest BCUT2D eigenvalue weighted by Gasteiger charge is 2.13. The molecule has 0 fully saturated rings. The highest BCUT2D eigenvalue weighted by Crippen LogP contribution is 2.25. The predicted octanol–water partition coefficient (Wildman–Crippen LogP) is 3.49. The Kier molecular flexibility index (Phi) is 5.71. The van der Waals surface area contributed by atoms with Crippen molar-refractivity contribution in [1.29, 1.82) is 0 Å². The summed E-state index contributed by atoms with van der Waals surface area (Å²) in [4.78, 5) is 15.6. The SMILES string of the molecule is CCOc1nc(OCC)n(Cc2ccc(-c3ccccc3C(=O)O)cc2)n1. The third-order valence-corrected chi connectivity index (χ3v) is 3.92. The summed E-state index contributed by atoms with van der Waals surface area (Å²) >= 11 is 0. The molecule has 0 aliphatic heterocycles. The number of aromatic nitrogens is 3. The quantitative estimate of drug-likeness (QED) is 0.656. The summed E-state index contributed by atoms with van der Waals surface area (Å²) in [6, 6.07) is 15.3. The number of rotatable bonds is 8. The molecule has 7 nitrogen and oxygen atoms in total. The number of nitrogens with zero attached hydrogens (tertiary/aromatic N) is 3. The molecule has 1 aromatic heterocycles. The van der Waals surface area contributed by atoms with E-state index in [1.165, 1.54) is 0 Å². The van der Waals surface area contributed by atoms with Crippen LogP contribution in [-0.4, -0.2) is 39.1 Å². The molecule has 0 aliphatic carbocycles. The second-order valence-electron chi connectivity index (χ2n) is 5.75. The van der Waals surface area contributed by atoms with Crippen molar-refractivity contribution in [3.8, 4) is 23.1 Å². The van der Waals surface area contributed by atoms with Gasteiger partial charge < -0.3 is 14.6 Å². The maximum atomic E-state index is 11.4. The molecule has 0 unspecified atom stereocenters. The summed E-state index contributed by atoms with van der Waals surface area (Å²) in [6.45, 7) is 5.18. The van der Waals surface area contributed by atoms with Crippen LogP contribution in [0, 0.1) is 0 Å². The van der Waals surface area contributed by atoms with Crippen molar-refractivity contribution in [3.63, 3.8) is 0 Å². The molecule has 0 spiro atoms.